The Morgan fingerprint density at radius 1 is 1.16 bits per heavy atom. The molecule has 154 valence electrons. The van der Waals surface area contributed by atoms with Gasteiger partial charge in [0, 0.05) is 33.7 Å². The van der Waals surface area contributed by atoms with Crippen LogP contribution in [0, 0.1) is 0 Å². The molecule has 0 unspecified atom stereocenters. The number of methoxy groups -OCH3 is 1. The molecule has 6 heteroatoms. The highest BCUT2D eigenvalue weighted by atomic mass is 32.2. The molecule has 31 heavy (non-hydrogen) atoms. The predicted molar refractivity (Wildman–Crippen MR) is 122 cm³/mol. The first kappa shape index (κ1) is 18.5. The maximum atomic E-state index is 14.1. The van der Waals surface area contributed by atoms with Gasteiger partial charge in [0.15, 0.2) is 0 Å². The number of rotatable bonds is 2. The highest BCUT2D eigenvalue weighted by molar-refractivity contribution is 7.99. The van der Waals surface area contributed by atoms with E-state index in [0.717, 1.165) is 38.8 Å². The van der Waals surface area contributed by atoms with Crippen molar-refractivity contribution in [2.24, 2.45) is 0 Å². The molecule has 5 nitrogen and oxygen atoms in total. The van der Waals surface area contributed by atoms with Crippen molar-refractivity contribution in [2.75, 3.05) is 12.9 Å². The van der Waals surface area contributed by atoms with E-state index in [2.05, 4.69) is 4.98 Å². The van der Waals surface area contributed by atoms with Crippen molar-refractivity contribution >= 4 is 22.8 Å². The number of hydrogen-bond acceptors (Lipinski definition) is 5. The first-order valence-electron chi connectivity index (χ1n) is 10.2. The minimum atomic E-state index is -0.757. The molecule has 2 aliphatic heterocycles. The second-order valence-corrected chi connectivity index (χ2v) is 9.06. The van der Waals surface area contributed by atoms with Crippen LogP contribution in [0.2, 0.25) is 0 Å². The minimum Gasteiger partial charge on any atom is -0.497 e. The van der Waals surface area contributed by atoms with Crippen LogP contribution < -0.4 is 15.0 Å². The lowest BCUT2D eigenvalue weighted by molar-refractivity contribution is 0.0872. The van der Waals surface area contributed by atoms with Crippen LogP contribution in [0.3, 0.4) is 0 Å². The standard InChI is InChI=1S/C25H20N2O3S/c1-25-19(18-13-16(29-2)10-11-20(18)30-25)14-31-22-17-9-6-12-26-23(17)27(24(28)21(22)25)15-7-4-3-5-8-15/h3-13,19H,14H2,1-2H3/t19-,25+/m1/s1. The summed E-state index contributed by atoms with van der Waals surface area (Å²) >= 11 is 1.71. The van der Waals surface area contributed by atoms with Crippen molar-refractivity contribution in [3.05, 3.63) is 88.3 Å². The molecule has 0 saturated carbocycles. The number of hydrogen-bond donors (Lipinski definition) is 0. The smallest absolute Gasteiger partial charge is 0.265 e. The quantitative estimate of drug-likeness (QED) is 0.455. The summed E-state index contributed by atoms with van der Waals surface area (Å²) in [4.78, 5) is 19.6. The van der Waals surface area contributed by atoms with Crippen LogP contribution in [-0.2, 0) is 5.60 Å². The van der Waals surface area contributed by atoms with E-state index in [0.29, 0.717) is 11.2 Å². The van der Waals surface area contributed by atoms with Crippen molar-refractivity contribution in [1.82, 2.24) is 9.55 Å². The zero-order chi connectivity index (χ0) is 21.2. The van der Waals surface area contributed by atoms with Gasteiger partial charge in [0.25, 0.3) is 5.56 Å². The Balaban J connectivity index is 1.67. The Kier molecular flexibility index (Phi) is 3.96. The Morgan fingerprint density at radius 3 is 2.81 bits per heavy atom. The molecule has 0 bridgehead atoms. The van der Waals surface area contributed by atoms with E-state index < -0.39 is 5.60 Å². The normalized spacial score (nSPS) is 21.2. The topological polar surface area (TPSA) is 53.4 Å². The fraction of sp³-hybridized carbons (Fsp3) is 0.200. The molecule has 0 spiro atoms. The first-order valence-corrected chi connectivity index (χ1v) is 11.2. The number of fused-ring (bicyclic) bond motifs is 7. The van der Waals surface area contributed by atoms with Gasteiger partial charge < -0.3 is 9.47 Å². The lowest BCUT2D eigenvalue weighted by Crippen LogP contribution is -2.43. The maximum Gasteiger partial charge on any atom is 0.265 e. The number of para-hydroxylation sites is 1. The van der Waals surface area contributed by atoms with Crippen LogP contribution in [0.1, 0.15) is 24.0 Å². The molecule has 6 rings (SSSR count). The summed E-state index contributed by atoms with van der Waals surface area (Å²) in [6.45, 7) is 2.04. The van der Waals surface area contributed by atoms with Crippen LogP contribution in [0.15, 0.2) is 76.6 Å². The number of nitrogens with zero attached hydrogens (tertiary/aromatic N) is 2. The molecule has 2 aliphatic rings. The Morgan fingerprint density at radius 2 is 2.00 bits per heavy atom. The second kappa shape index (κ2) is 6.62. The lowest BCUT2D eigenvalue weighted by atomic mass is 9.81. The lowest BCUT2D eigenvalue weighted by Gasteiger charge is -2.37. The summed E-state index contributed by atoms with van der Waals surface area (Å²) < 4.78 is 13.7. The van der Waals surface area contributed by atoms with E-state index in [1.807, 2.05) is 67.6 Å². The van der Waals surface area contributed by atoms with Gasteiger partial charge in [0.05, 0.1) is 18.4 Å². The molecule has 2 atom stereocenters. The van der Waals surface area contributed by atoms with E-state index in [1.54, 1.807) is 29.6 Å². The first-order chi connectivity index (χ1) is 15.1. The summed E-state index contributed by atoms with van der Waals surface area (Å²) in [5.41, 5.74) is 2.43. The molecular weight excluding hydrogens is 408 g/mol. The van der Waals surface area contributed by atoms with E-state index in [9.17, 15) is 4.79 Å². The minimum absolute atomic E-state index is 0.0566. The molecule has 2 aromatic carbocycles. The van der Waals surface area contributed by atoms with Crippen molar-refractivity contribution in [3.8, 4) is 17.2 Å². The van der Waals surface area contributed by atoms with Gasteiger partial charge >= 0.3 is 0 Å². The fourth-order valence-electron chi connectivity index (χ4n) is 4.85. The number of pyridine rings is 2. The number of aromatic nitrogens is 2. The van der Waals surface area contributed by atoms with Crippen molar-refractivity contribution in [3.63, 3.8) is 0 Å². The third-order valence-corrected chi connectivity index (χ3v) is 7.58. The number of benzene rings is 2. The molecule has 0 saturated heterocycles. The van der Waals surface area contributed by atoms with Crippen LogP contribution in [0.25, 0.3) is 16.7 Å². The average molecular weight is 429 g/mol. The van der Waals surface area contributed by atoms with Crippen LogP contribution in [-0.4, -0.2) is 22.4 Å². The van der Waals surface area contributed by atoms with Crippen LogP contribution in [0.4, 0.5) is 0 Å². The van der Waals surface area contributed by atoms with Gasteiger partial charge in [0.1, 0.15) is 22.7 Å². The van der Waals surface area contributed by atoms with E-state index >= 15 is 0 Å². The van der Waals surface area contributed by atoms with Crippen molar-refractivity contribution in [1.29, 1.82) is 0 Å². The van der Waals surface area contributed by atoms with Crippen molar-refractivity contribution < 1.29 is 9.47 Å². The van der Waals surface area contributed by atoms with E-state index in [1.165, 1.54) is 0 Å². The summed E-state index contributed by atoms with van der Waals surface area (Å²) in [5, 5.41) is 0.975. The van der Waals surface area contributed by atoms with Crippen molar-refractivity contribution in [2.45, 2.75) is 23.3 Å². The highest BCUT2D eigenvalue weighted by Gasteiger charge is 2.52. The summed E-state index contributed by atoms with van der Waals surface area (Å²) in [7, 11) is 1.67. The van der Waals surface area contributed by atoms with Gasteiger partial charge in [-0.05, 0) is 49.4 Å². The third-order valence-electron chi connectivity index (χ3n) is 6.37. The molecule has 4 heterocycles. The number of thioether (sulfide) groups is 1. The third kappa shape index (κ3) is 2.51. The molecule has 0 amide bonds. The monoisotopic (exact) mass is 428 g/mol. The zero-order valence-corrected chi connectivity index (χ0v) is 18.0. The SMILES string of the molecule is COc1ccc2c(c1)[C@H]1CSc3c(c(=O)n(-c4ccccc4)c4ncccc34)[C@@]1(C)O2. The van der Waals surface area contributed by atoms with Crippen LogP contribution in [0.5, 0.6) is 11.5 Å². The molecule has 0 aliphatic carbocycles. The Bertz CT molecular complexity index is 1400. The van der Waals surface area contributed by atoms with Gasteiger partial charge in [0.2, 0.25) is 0 Å². The number of ether oxygens (including phenoxy) is 2. The van der Waals surface area contributed by atoms with Gasteiger partial charge in [-0.3, -0.25) is 9.36 Å². The van der Waals surface area contributed by atoms with Gasteiger partial charge in [-0.2, -0.15) is 0 Å². The zero-order valence-electron chi connectivity index (χ0n) is 17.2. The van der Waals surface area contributed by atoms with E-state index in [4.69, 9.17) is 9.47 Å². The molecule has 0 N–H and O–H groups in total. The summed E-state index contributed by atoms with van der Waals surface area (Å²) in [6, 6.07) is 19.5. The summed E-state index contributed by atoms with van der Waals surface area (Å²) in [5.74, 6) is 2.49. The molecule has 2 aromatic heterocycles. The largest absolute Gasteiger partial charge is 0.497 e. The van der Waals surface area contributed by atoms with Gasteiger partial charge in [-0.15, -0.1) is 11.8 Å². The molecule has 0 fully saturated rings. The highest BCUT2D eigenvalue weighted by Crippen LogP contribution is 2.57. The molecular formula is C25H20N2O3S. The maximum absolute atomic E-state index is 14.1. The van der Waals surface area contributed by atoms with Gasteiger partial charge in [-0.1, -0.05) is 18.2 Å². The second-order valence-electron chi connectivity index (χ2n) is 8.03. The predicted octanol–water partition coefficient (Wildman–Crippen LogP) is 4.89. The van der Waals surface area contributed by atoms with Gasteiger partial charge in [-0.25, -0.2) is 4.98 Å². The summed E-state index contributed by atoms with van der Waals surface area (Å²) in [6.07, 6.45) is 1.74. The average Bonchev–Trinajstić information content (AvgIpc) is 3.10. The Labute approximate surface area is 183 Å². The molecule has 0 radical (unpaired) electrons. The fourth-order valence-corrected chi connectivity index (χ4v) is 6.43. The van der Waals surface area contributed by atoms with E-state index in [-0.39, 0.29) is 11.5 Å². The Hall–Kier alpha value is -3.25. The van der Waals surface area contributed by atoms with Crippen LogP contribution >= 0.6 is 11.8 Å². The molecule has 4 aromatic rings.